The summed E-state index contributed by atoms with van der Waals surface area (Å²) in [6.07, 6.45) is 2.78. The van der Waals surface area contributed by atoms with Gasteiger partial charge in [-0.3, -0.25) is 29.8 Å². The van der Waals surface area contributed by atoms with Gasteiger partial charge in [-0.25, -0.2) is 0 Å². The SMILES string of the molecule is O=C1NC(=O)C2=CC3C(=O)NC(=O)C3C=C12. The lowest BCUT2D eigenvalue weighted by Gasteiger charge is -2.13. The van der Waals surface area contributed by atoms with Crippen LogP contribution >= 0.6 is 0 Å². The minimum absolute atomic E-state index is 0.191. The lowest BCUT2D eigenvalue weighted by molar-refractivity contribution is -0.126. The van der Waals surface area contributed by atoms with Gasteiger partial charge in [0.2, 0.25) is 11.8 Å². The third kappa shape index (κ3) is 0.955. The van der Waals surface area contributed by atoms with E-state index in [0.29, 0.717) is 0 Å². The van der Waals surface area contributed by atoms with E-state index < -0.39 is 35.5 Å². The molecule has 2 unspecified atom stereocenters. The maximum absolute atomic E-state index is 11.4. The van der Waals surface area contributed by atoms with Crippen LogP contribution in [0.4, 0.5) is 0 Å². The summed E-state index contributed by atoms with van der Waals surface area (Å²) in [4.78, 5) is 45.4. The zero-order valence-corrected chi connectivity index (χ0v) is 7.94. The van der Waals surface area contributed by atoms with E-state index in [1.165, 1.54) is 12.2 Å². The highest BCUT2D eigenvalue weighted by molar-refractivity contribution is 6.26. The Balaban J connectivity index is 2.13. The van der Waals surface area contributed by atoms with E-state index in [0.717, 1.165) is 0 Å². The van der Waals surface area contributed by atoms with Crippen LogP contribution < -0.4 is 10.6 Å². The van der Waals surface area contributed by atoms with E-state index in [9.17, 15) is 19.2 Å². The molecule has 0 aromatic carbocycles. The molecular formula is C10H6N2O4. The molecule has 3 aliphatic rings. The Morgan fingerprint density at radius 3 is 1.62 bits per heavy atom. The van der Waals surface area contributed by atoms with E-state index in [-0.39, 0.29) is 11.1 Å². The van der Waals surface area contributed by atoms with E-state index >= 15 is 0 Å². The van der Waals surface area contributed by atoms with Crippen molar-refractivity contribution in [2.45, 2.75) is 0 Å². The molecule has 1 aliphatic carbocycles. The van der Waals surface area contributed by atoms with Crippen LogP contribution in [-0.4, -0.2) is 23.6 Å². The standard InChI is InChI=1S/C10H6N2O4/c13-7-3-1-4-6(10(16)12-8(4)14)2-5(3)9(15)11-7/h1-3,5H,(H,11,13,15)(H,12,14,16). The number of hydrogen-bond acceptors (Lipinski definition) is 4. The molecule has 6 heteroatoms. The molecule has 2 heterocycles. The Labute approximate surface area is 89.4 Å². The molecule has 2 fully saturated rings. The Kier molecular flexibility index (Phi) is 1.50. The van der Waals surface area contributed by atoms with Gasteiger partial charge in [0.1, 0.15) is 0 Å². The van der Waals surface area contributed by atoms with Gasteiger partial charge in [-0.05, 0) is 0 Å². The maximum atomic E-state index is 11.4. The Hall–Kier alpha value is -2.24. The van der Waals surface area contributed by atoms with Crippen LogP contribution in [0.15, 0.2) is 23.3 Å². The van der Waals surface area contributed by atoms with Gasteiger partial charge >= 0.3 is 0 Å². The highest BCUT2D eigenvalue weighted by Gasteiger charge is 2.45. The average Bonchev–Trinajstić information content (AvgIpc) is 2.67. The zero-order valence-electron chi connectivity index (χ0n) is 7.94. The summed E-state index contributed by atoms with van der Waals surface area (Å²) in [6, 6.07) is 0. The number of imide groups is 2. The predicted octanol–water partition coefficient (Wildman–Crippen LogP) is -1.60. The van der Waals surface area contributed by atoms with Crippen molar-refractivity contribution in [2.24, 2.45) is 11.8 Å². The fourth-order valence-corrected chi connectivity index (χ4v) is 2.15. The lowest BCUT2D eigenvalue weighted by Crippen LogP contribution is -2.22. The minimum atomic E-state index is -0.664. The highest BCUT2D eigenvalue weighted by Crippen LogP contribution is 2.33. The van der Waals surface area contributed by atoms with E-state index in [1.807, 2.05) is 0 Å². The van der Waals surface area contributed by atoms with Gasteiger partial charge in [0.25, 0.3) is 11.8 Å². The van der Waals surface area contributed by atoms with Gasteiger partial charge in [-0.15, -0.1) is 0 Å². The molecule has 0 saturated carbocycles. The van der Waals surface area contributed by atoms with Crippen molar-refractivity contribution in [1.29, 1.82) is 0 Å². The van der Waals surface area contributed by atoms with Crippen molar-refractivity contribution < 1.29 is 19.2 Å². The number of amides is 4. The molecule has 0 spiro atoms. The monoisotopic (exact) mass is 218 g/mol. The van der Waals surface area contributed by atoms with Crippen LogP contribution in [0.5, 0.6) is 0 Å². The number of rotatable bonds is 0. The van der Waals surface area contributed by atoms with E-state index in [4.69, 9.17) is 0 Å². The van der Waals surface area contributed by atoms with Gasteiger partial charge in [-0.1, -0.05) is 12.2 Å². The molecule has 4 amide bonds. The maximum Gasteiger partial charge on any atom is 0.258 e. The van der Waals surface area contributed by atoms with Crippen LogP contribution in [0.2, 0.25) is 0 Å². The molecule has 0 bridgehead atoms. The summed E-state index contributed by atoms with van der Waals surface area (Å²) < 4.78 is 0. The molecule has 0 aromatic rings. The fourth-order valence-electron chi connectivity index (χ4n) is 2.15. The number of nitrogens with one attached hydrogen (secondary N) is 2. The molecule has 3 rings (SSSR count). The van der Waals surface area contributed by atoms with Crippen molar-refractivity contribution >= 4 is 23.6 Å². The summed E-state index contributed by atoms with van der Waals surface area (Å²) in [7, 11) is 0. The van der Waals surface area contributed by atoms with Gasteiger partial charge in [-0.2, -0.15) is 0 Å². The molecule has 2 N–H and O–H groups in total. The highest BCUT2D eigenvalue weighted by atomic mass is 16.2. The second kappa shape index (κ2) is 2.66. The topological polar surface area (TPSA) is 92.3 Å². The van der Waals surface area contributed by atoms with Crippen LogP contribution in [0, 0.1) is 11.8 Å². The summed E-state index contributed by atoms with van der Waals surface area (Å²) in [5, 5.41) is 4.29. The smallest absolute Gasteiger partial charge is 0.258 e. The average molecular weight is 218 g/mol. The van der Waals surface area contributed by atoms with Crippen molar-refractivity contribution in [3.8, 4) is 0 Å². The van der Waals surface area contributed by atoms with Gasteiger partial charge in [0.15, 0.2) is 0 Å². The summed E-state index contributed by atoms with van der Waals surface area (Å²) in [5.74, 6) is -3.20. The van der Waals surface area contributed by atoms with E-state index in [1.54, 1.807) is 0 Å². The van der Waals surface area contributed by atoms with Crippen LogP contribution in [0.1, 0.15) is 0 Å². The van der Waals surface area contributed by atoms with E-state index in [2.05, 4.69) is 10.6 Å². The second-order valence-electron chi connectivity index (χ2n) is 3.85. The molecule has 6 nitrogen and oxygen atoms in total. The Morgan fingerprint density at radius 2 is 1.19 bits per heavy atom. The van der Waals surface area contributed by atoms with Crippen molar-refractivity contribution in [3.63, 3.8) is 0 Å². The second-order valence-corrected chi connectivity index (χ2v) is 3.85. The lowest BCUT2D eigenvalue weighted by atomic mass is 9.84. The largest absolute Gasteiger partial charge is 0.295 e. The quantitative estimate of drug-likeness (QED) is 0.479. The Bertz CT molecular complexity index is 483. The molecular weight excluding hydrogens is 212 g/mol. The normalized spacial score (nSPS) is 31.5. The first-order chi connectivity index (χ1) is 7.58. The molecule has 2 aliphatic heterocycles. The first-order valence-corrected chi connectivity index (χ1v) is 4.72. The van der Waals surface area contributed by atoms with Crippen molar-refractivity contribution in [3.05, 3.63) is 23.3 Å². The number of fused-ring (bicyclic) bond motifs is 2. The van der Waals surface area contributed by atoms with Gasteiger partial charge in [0, 0.05) is 11.1 Å². The van der Waals surface area contributed by atoms with Gasteiger partial charge in [0.05, 0.1) is 11.8 Å². The van der Waals surface area contributed by atoms with Crippen LogP contribution in [0.25, 0.3) is 0 Å². The number of carbonyl (C=O) groups excluding carboxylic acids is 4. The fraction of sp³-hybridized carbons (Fsp3) is 0.200. The Morgan fingerprint density at radius 1 is 0.750 bits per heavy atom. The molecule has 80 valence electrons. The van der Waals surface area contributed by atoms with Crippen LogP contribution in [0.3, 0.4) is 0 Å². The number of hydrogen-bond donors (Lipinski definition) is 2. The summed E-state index contributed by atoms with van der Waals surface area (Å²) in [5.41, 5.74) is 0.382. The molecule has 16 heavy (non-hydrogen) atoms. The predicted molar refractivity (Wildman–Crippen MR) is 49.4 cm³/mol. The summed E-state index contributed by atoms with van der Waals surface area (Å²) in [6.45, 7) is 0. The third-order valence-electron chi connectivity index (χ3n) is 2.94. The zero-order chi connectivity index (χ0) is 11.4. The third-order valence-corrected chi connectivity index (χ3v) is 2.94. The molecule has 2 saturated heterocycles. The van der Waals surface area contributed by atoms with Crippen molar-refractivity contribution in [2.75, 3.05) is 0 Å². The summed E-state index contributed by atoms with van der Waals surface area (Å²) >= 11 is 0. The first kappa shape index (κ1) is 9.02. The minimum Gasteiger partial charge on any atom is -0.295 e. The van der Waals surface area contributed by atoms with Gasteiger partial charge < -0.3 is 0 Å². The van der Waals surface area contributed by atoms with Crippen molar-refractivity contribution in [1.82, 2.24) is 10.6 Å². The van der Waals surface area contributed by atoms with Crippen LogP contribution in [-0.2, 0) is 19.2 Å². The first-order valence-electron chi connectivity index (χ1n) is 4.72. The molecule has 2 atom stereocenters. The molecule has 0 radical (unpaired) electrons. The number of carbonyl (C=O) groups is 4. The molecule has 0 aromatic heterocycles.